The molecule has 0 amide bonds. The van der Waals surface area contributed by atoms with Crippen LogP contribution in [0.5, 0.6) is 0 Å². The molecule has 13 heavy (non-hydrogen) atoms. The maximum absolute atomic E-state index is 10.7. The number of anilines is 1. The zero-order chi connectivity index (χ0) is 10.2. The number of hydrogen-bond acceptors (Lipinski definition) is 6. The van der Waals surface area contributed by atoms with Gasteiger partial charge in [0, 0.05) is 17.6 Å². The van der Waals surface area contributed by atoms with Crippen molar-refractivity contribution in [3.8, 4) is 0 Å². The molecule has 2 N–H and O–H groups in total. The number of nitrogen functional groups attached to an aromatic ring is 1. The third kappa shape index (κ3) is 1.95. The van der Waals surface area contributed by atoms with E-state index in [9.17, 15) is 13.2 Å². The second-order valence-corrected chi connectivity index (χ2v) is 4.58. The van der Waals surface area contributed by atoms with E-state index in [0.29, 0.717) is 4.68 Å². The molecule has 1 aromatic heterocycles. The average molecular weight is 225 g/mol. The first-order valence-electron chi connectivity index (χ1n) is 3.00. The fourth-order valence-corrected chi connectivity index (χ4v) is 1.22. The van der Waals surface area contributed by atoms with Crippen LogP contribution in [0.15, 0.2) is 5.16 Å². The van der Waals surface area contributed by atoms with Gasteiger partial charge < -0.3 is 5.73 Å². The lowest BCUT2D eigenvalue weighted by atomic mass is 10.7. The third-order valence-corrected chi connectivity index (χ3v) is 2.15. The van der Waals surface area contributed by atoms with Gasteiger partial charge in [0.25, 0.3) is 14.2 Å². The summed E-state index contributed by atoms with van der Waals surface area (Å²) in [6, 6.07) is 0. The first-order valence-corrected chi connectivity index (χ1v) is 5.31. The van der Waals surface area contributed by atoms with Gasteiger partial charge in [0.2, 0.25) is 11.9 Å². The molecule has 0 radical (unpaired) electrons. The fourth-order valence-electron chi connectivity index (χ4n) is 0.639. The van der Waals surface area contributed by atoms with E-state index in [1.165, 1.54) is 0 Å². The lowest BCUT2D eigenvalue weighted by molar-refractivity contribution is 0.0922. The van der Waals surface area contributed by atoms with Gasteiger partial charge in [-0.15, -0.1) is 5.10 Å². The number of halogens is 1. The molecule has 72 valence electrons. The first-order chi connectivity index (χ1) is 5.82. The SMILES string of the molecule is CC(=O)n1nc(S(=O)(=O)Cl)nc1N. The lowest BCUT2D eigenvalue weighted by Crippen LogP contribution is -2.11. The Kier molecular flexibility index (Phi) is 2.26. The molecule has 0 spiro atoms. The summed E-state index contributed by atoms with van der Waals surface area (Å²) in [5.74, 6) is -0.858. The van der Waals surface area contributed by atoms with E-state index in [4.69, 9.17) is 16.4 Å². The molecule has 0 aliphatic heterocycles. The highest BCUT2D eigenvalue weighted by atomic mass is 35.7. The maximum atomic E-state index is 10.7. The van der Waals surface area contributed by atoms with Gasteiger partial charge in [0.05, 0.1) is 0 Å². The van der Waals surface area contributed by atoms with Crippen molar-refractivity contribution in [2.24, 2.45) is 0 Å². The molecule has 0 unspecified atom stereocenters. The van der Waals surface area contributed by atoms with E-state index >= 15 is 0 Å². The van der Waals surface area contributed by atoms with Crippen molar-refractivity contribution in [3.05, 3.63) is 0 Å². The molecule has 0 aliphatic rings. The van der Waals surface area contributed by atoms with Crippen molar-refractivity contribution < 1.29 is 13.2 Å². The van der Waals surface area contributed by atoms with Crippen molar-refractivity contribution >= 4 is 31.6 Å². The molecule has 0 atom stereocenters. The summed E-state index contributed by atoms with van der Waals surface area (Å²) in [6.07, 6.45) is 0. The smallest absolute Gasteiger partial charge is 0.298 e. The Morgan fingerprint density at radius 3 is 2.38 bits per heavy atom. The molecule has 1 rings (SSSR count). The normalized spacial score (nSPS) is 11.5. The van der Waals surface area contributed by atoms with Crippen LogP contribution in [-0.4, -0.2) is 29.1 Å². The highest BCUT2D eigenvalue weighted by Gasteiger charge is 2.20. The summed E-state index contributed by atoms with van der Waals surface area (Å²) in [7, 11) is 0.875. The second-order valence-electron chi connectivity index (χ2n) is 2.12. The zero-order valence-corrected chi connectivity index (χ0v) is 8.00. The highest BCUT2D eigenvalue weighted by Crippen LogP contribution is 2.11. The summed E-state index contributed by atoms with van der Waals surface area (Å²) >= 11 is 0. The Hall–Kier alpha value is -1.15. The largest absolute Gasteiger partial charge is 0.368 e. The topological polar surface area (TPSA) is 108 Å². The third-order valence-electron chi connectivity index (χ3n) is 1.13. The first kappa shape index (κ1) is 9.93. The van der Waals surface area contributed by atoms with Crippen LogP contribution >= 0.6 is 10.7 Å². The van der Waals surface area contributed by atoms with E-state index in [1.807, 2.05) is 0 Å². The van der Waals surface area contributed by atoms with Crippen molar-refractivity contribution in [3.63, 3.8) is 0 Å². The number of aromatic nitrogens is 3. The van der Waals surface area contributed by atoms with Crippen LogP contribution in [0.2, 0.25) is 0 Å². The minimum absolute atomic E-state index is 0.313. The number of nitrogens with two attached hydrogens (primary N) is 1. The van der Waals surface area contributed by atoms with Crippen LogP contribution < -0.4 is 5.73 Å². The van der Waals surface area contributed by atoms with Crippen LogP contribution in [0.4, 0.5) is 5.95 Å². The van der Waals surface area contributed by atoms with E-state index in [1.54, 1.807) is 0 Å². The van der Waals surface area contributed by atoms with Crippen molar-refractivity contribution in [1.82, 2.24) is 14.8 Å². The molecular formula is C4H5ClN4O3S. The molecule has 1 aromatic rings. The molecule has 0 saturated carbocycles. The summed E-state index contributed by atoms with van der Waals surface area (Å²) in [5.41, 5.74) is 5.18. The van der Waals surface area contributed by atoms with Crippen molar-refractivity contribution in [2.45, 2.75) is 12.1 Å². The van der Waals surface area contributed by atoms with Crippen LogP contribution in [0, 0.1) is 0 Å². The second kappa shape index (κ2) is 2.96. The van der Waals surface area contributed by atoms with Crippen LogP contribution in [0.1, 0.15) is 11.7 Å². The fraction of sp³-hybridized carbons (Fsp3) is 0.250. The summed E-state index contributed by atoms with van der Waals surface area (Å²) < 4.78 is 22.0. The van der Waals surface area contributed by atoms with E-state index in [-0.39, 0.29) is 5.95 Å². The zero-order valence-electron chi connectivity index (χ0n) is 6.43. The van der Waals surface area contributed by atoms with Crippen LogP contribution in [0.3, 0.4) is 0 Å². The van der Waals surface area contributed by atoms with Crippen molar-refractivity contribution in [1.29, 1.82) is 0 Å². The lowest BCUT2D eigenvalue weighted by Gasteiger charge is -1.91. The number of carbonyl (C=O) groups is 1. The van der Waals surface area contributed by atoms with E-state index in [2.05, 4.69) is 10.1 Å². The van der Waals surface area contributed by atoms with Gasteiger partial charge in [-0.25, -0.2) is 8.42 Å². The van der Waals surface area contributed by atoms with Gasteiger partial charge in [-0.2, -0.15) is 9.67 Å². The van der Waals surface area contributed by atoms with Gasteiger partial charge in [0.15, 0.2) is 0 Å². The highest BCUT2D eigenvalue weighted by molar-refractivity contribution is 8.13. The predicted molar refractivity (Wildman–Crippen MR) is 43.8 cm³/mol. The number of nitrogens with zero attached hydrogens (tertiary/aromatic N) is 3. The average Bonchev–Trinajstić information content (AvgIpc) is 2.29. The quantitative estimate of drug-likeness (QED) is 0.641. The molecule has 7 nitrogen and oxygen atoms in total. The maximum Gasteiger partial charge on any atom is 0.298 e. The van der Waals surface area contributed by atoms with Gasteiger partial charge >= 0.3 is 0 Å². The van der Waals surface area contributed by atoms with Crippen molar-refractivity contribution in [2.75, 3.05) is 5.73 Å². The standard InChI is InChI=1S/C4H5ClN4O3S/c1-2(10)9-3(6)7-4(8-9)13(5,11)12/h1H3,(H2,6,7,8). The van der Waals surface area contributed by atoms with Gasteiger partial charge in [-0.05, 0) is 0 Å². The summed E-state index contributed by atoms with van der Waals surface area (Å²) in [5, 5.41) is 2.61. The predicted octanol–water partition coefficient (Wildman–Crippen LogP) is -0.552. The van der Waals surface area contributed by atoms with Crippen LogP contribution in [-0.2, 0) is 9.05 Å². The number of carbonyl (C=O) groups excluding carboxylic acids is 1. The minimum Gasteiger partial charge on any atom is -0.368 e. The molecule has 1 heterocycles. The molecule has 9 heteroatoms. The number of rotatable bonds is 1. The Morgan fingerprint density at radius 2 is 2.15 bits per heavy atom. The molecule has 0 bridgehead atoms. The summed E-state index contributed by atoms with van der Waals surface area (Å²) in [6.45, 7) is 1.16. The minimum atomic E-state index is -4.04. The summed E-state index contributed by atoms with van der Waals surface area (Å²) in [4.78, 5) is 14.0. The van der Waals surface area contributed by atoms with Crippen LogP contribution in [0.25, 0.3) is 0 Å². The monoisotopic (exact) mass is 224 g/mol. The Balaban J connectivity index is 3.33. The Labute approximate surface area is 77.9 Å². The van der Waals surface area contributed by atoms with Gasteiger partial charge in [0.1, 0.15) is 0 Å². The molecule has 0 fully saturated rings. The van der Waals surface area contributed by atoms with E-state index < -0.39 is 20.1 Å². The molecular weight excluding hydrogens is 220 g/mol. The Bertz CT molecular complexity index is 450. The number of hydrogen-bond donors (Lipinski definition) is 1. The van der Waals surface area contributed by atoms with Gasteiger partial charge in [-0.1, -0.05) is 0 Å². The molecule has 0 aliphatic carbocycles. The van der Waals surface area contributed by atoms with E-state index in [0.717, 1.165) is 6.92 Å². The Morgan fingerprint density at radius 1 is 1.62 bits per heavy atom. The molecule has 0 saturated heterocycles. The molecule has 0 aromatic carbocycles. The van der Waals surface area contributed by atoms with Gasteiger partial charge in [-0.3, -0.25) is 4.79 Å².